The first-order chi connectivity index (χ1) is 30.2. The molecular formula is C58H37NS2. The Balaban J connectivity index is 0.967. The Morgan fingerprint density at radius 1 is 0.262 bits per heavy atom. The van der Waals surface area contributed by atoms with Crippen molar-refractivity contribution in [3.63, 3.8) is 0 Å². The van der Waals surface area contributed by atoms with E-state index in [1.807, 2.05) is 22.7 Å². The summed E-state index contributed by atoms with van der Waals surface area (Å²) in [5.41, 5.74) is 13.0. The van der Waals surface area contributed by atoms with E-state index in [0.29, 0.717) is 0 Å². The summed E-state index contributed by atoms with van der Waals surface area (Å²) in [6, 6.07) is 82.5. The van der Waals surface area contributed by atoms with Crippen molar-refractivity contribution in [1.29, 1.82) is 0 Å². The summed E-state index contributed by atoms with van der Waals surface area (Å²) in [4.78, 5) is 2.40. The molecule has 1 nitrogen and oxygen atoms in total. The zero-order valence-electron chi connectivity index (χ0n) is 33.1. The van der Waals surface area contributed by atoms with Gasteiger partial charge >= 0.3 is 0 Å². The molecule has 2 aromatic heterocycles. The van der Waals surface area contributed by atoms with E-state index >= 15 is 0 Å². The Morgan fingerprint density at radius 2 is 0.770 bits per heavy atom. The van der Waals surface area contributed by atoms with Crippen LogP contribution in [0.15, 0.2) is 224 Å². The second kappa shape index (κ2) is 14.8. The minimum Gasteiger partial charge on any atom is -0.310 e. The summed E-state index contributed by atoms with van der Waals surface area (Å²) in [5, 5.41) is 7.77. The number of anilines is 3. The van der Waals surface area contributed by atoms with Crippen molar-refractivity contribution in [2.45, 2.75) is 0 Å². The first-order valence-corrected chi connectivity index (χ1v) is 22.4. The molecule has 12 aromatic rings. The third kappa shape index (κ3) is 6.29. The van der Waals surface area contributed by atoms with Crippen LogP contribution >= 0.6 is 22.7 Å². The van der Waals surface area contributed by atoms with Crippen molar-refractivity contribution in [2.75, 3.05) is 4.90 Å². The fourth-order valence-electron chi connectivity index (χ4n) is 9.11. The maximum atomic E-state index is 2.40. The van der Waals surface area contributed by atoms with Gasteiger partial charge in [0.15, 0.2) is 0 Å². The van der Waals surface area contributed by atoms with E-state index in [1.165, 1.54) is 95.6 Å². The van der Waals surface area contributed by atoms with Crippen LogP contribution in [0.3, 0.4) is 0 Å². The zero-order valence-corrected chi connectivity index (χ0v) is 34.8. The van der Waals surface area contributed by atoms with E-state index in [1.54, 1.807) is 0 Å². The van der Waals surface area contributed by atoms with E-state index in [0.717, 1.165) is 17.1 Å². The molecule has 0 spiro atoms. The van der Waals surface area contributed by atoms with Gasteiger partial charge in [0, 0.05) is 57.4 Å². The smallest absolute Gasteiger partial charge is 0.0467 e. The van der Waals surface area contributed by atoms with Crippen LogP contribution in [0.5, 0.6) is 0 Å². The molecule has 10 aromatic carbocycles. The lowest BCUT2D eigenvalue weighted by Gasteiger charge is -2.27. The second-order valence-corrected chi connectivity index (χ2v) is 17.8. The summed E-state index contributed by atoms with van der Waals surface area (Å²) in [7, 11) is 0. The van der Waals surface area contributed by atoms with E-state index in [2.05, 4.69) is 229 Å². The third-order valence-corrected chi connectivity index (χ3v) is 14.4. The number of benzene rings is 10. The highest BCUT2D eigenvalue weighted by molar-refractivity contribution is 7.26. The van der Waals surface area contributed by atoms with Gasteiger partial charge in [0.2, 0.25) is 0 Å². The summed E-state index contributed by atoms with van der Waals surface area (Å²) >= 11 is 3.74. The molecule has 0 atom stereocenters. The first-order valence-electron chi connectivity index (χ1n) is 20.7. The van der Waals surface area contributed by atoms with E-state index in [4.69, 9.17) is 0 Å². The lowest BCUT2D eigenvalue weighted by atomic mass is 9.97. The molecule has 0 aliphatic carbocycles. The van der Waals surface area contributed by atoms with Crippen molar-refractivity contribution in [1.82, 2.24) is 0 Å². The van der Waals surface area contributed by atoms with Crippen LogP contribution in [0.2, 0.25) is 0 Å². The highest BCUT2D eigenvalue weighted by Crippen LogP contribution is 2.43. The Kier molecular flexibility index (Phi) is 8.62. The van der Waals surface area contributed by atoms with Crippen LogP contribution in [0.1, 0.15) is 0 Å². The minimum atomic E-state index is 1.10. The van der Waals surface area contributed by atoms with Gasteiger partial charge in [0.1, 0.15) is 0 Å². The molecule has 0 saturated heterocycles. The van der Waals surface area contributed by atoms with E-state index in [-0.39, 0.29) is 0 Å². The molecule has 0 aliphatic heterocycles. The minimum absolute atomic E-state index is 1.10. The predicted molar refractivity (Wildman–Crippen MR) is 266 cm³/mol. The van der Waals surface area contributed by atoms with Crippen LogP contribution in [0.4, 0.5) is 17.1 Å². The van der Waals surface area contributed by atoms with Gasteiger partial charge in [0.25, 0.3) is 0 Å². The molecule has 0 radical (unpaired) electrons. The fourth-order valence-corrected chi connectivity index (χ4v) is 11.4. The quantitative estimate of drug-likeness (QED) is 0.155. The Hall–Kier alpha value is -7.30. The molecule has 0 unspecified atom stereocenters. The highest BCUT2D eigenvalue weighted by atomic mass is 32.1. The molecule has 0 amide bonds. The van der Waals surface area contributed by atoms with E-state index < -0.39 is 0 Å². The van der Waals surface area contributed by atoms with Crippen molar-refractivity contribution in [2.24, 2.45) is 0 Å². The monoisotopic (exact) mass is 811 g/mol. The van der Waals surface area contributed by atoms with Crippen molar-refractivity contribution in [3.05, 3.63) is 224 Å². The third-order valence-electron chi connectivity index (χ3n) is 12.1. The summed E-state index contributed by atoms with van der Waals surface area (Å²) < 4.78 is 5.30. The van der Waals surface area contributed by atoms with Crippen LogP contribution in [0.25, 0.3) is 95.6 Å². The van der Waals surface area contributed by atoms with E-state index in [9.17, 15) is 0 Å². The maximum Gasteiger partial charge on any atom is 0.0467 e. The average Bonchev–Trinajstić information content (AvgIpc) is 3.90. The maximum absolute atomic E-state index is 2.40. The molecule has 12 rings (SSSR count). The van der Waals surface area contributed by atoms with Gasteiger partial charge in [-0.1, -0.05) is 158 Å². The Bertz CT molecular complexity index is 3600. The topological polar surface area (TPSA) is 3.24 Å². The summed E-state index contributed by atoms with van der Waals surface area (Å²) in [6.07, 6.45) is 0. The van der Waals surface area contributed by atoms with Gasteiger partial charge in [-0.2, -0.15) is 0 Å². The predicted octanol–water partition coefficient (Wildman–Crippen LogP) is 17.7. The SMILES string of the molecule is c1cc(-c2cccc(N(c3ccc(-c4ccc5sc6ccccc6c5c4)cc3)c3cccc(-c4cccc5ccccc45)c3)c2)cc(-c2cccc3c2sc2ccccc23)c1. The number of thiophene rings is 2. The molecule has 2 heterocycles. The summed E-state index contributed by atoms with van der Waals surface area (Å²) in [5.74, 6) is 0. The molecule has 0 N–H and O–H groups in total. The molecule has 3 heteroatoms. The lowest BCUT2D eigenvalue weighted by molar-refractivity contribution is 1.28. The standard InChI is InChI=1S/C58H37NS2/c1-2-20-48-39(12-1)13-10-23-49(48)44-17-9-19-47(36-44)59(45-31-28-38(29-32-45)42-30-33-57-54(37-42)52-22-4-5-26-55(52)60-57)46-18-8-15-41(35-46)40-14-7-16-43(34-40)50-24-11-25-53-51-21-3-6-27-56(51)61-58(50)53/h1-37H. The van der Waals surface area contributed by atoms with Gasteiger partial charge in [-0.05, 0) is 122 Å². The Labute approximate surface area is 362 Å². The molecular weight excluding hydrogens is 775 g/mol. The van der Waals surface area contributed by atoms with Gasteiger partial charge < -0.3 is 4.90 Å². The molecule has 0 aliphatic rings. The number of hydrogen-bond donors (Lipinski definition) is 0. The number of fused-ring (bicyclic) bond motifs is 7. The van der Waals surface area contributed by atoms with Crippen molar-refractivity contribution >= 4 is 90.9 Å². The molecule has 286 valence electrons. The van der Waals surface area contributed by atoms with Gasteiger partial charge in [-0.15, -0.1) is 22.7 Å². The fraction of sp³-hybridized carbons (Fsp3) is 0. The van der Waals surface area contributed by atoms with Gasteiger partial charge in [-0.3, -0.25) is 0 Å². The molecule has 0 fully saturated rings. The largest absolute Gasteiger partial charge is 0.310 e. The Morgan fingerprint density at radius 3 is 1.57 bits per heavy atom. The second-order valence-electron chi connectivity index (χ2n) is 15.7. The van der Waals surface area contributed by atoms with Crippen LogP contribution < -0.4 is 4.90 Å². The summed E-state index contributed by atoms with van der Waals surface area (Å²) in [6.45, 7) is 0. The number of hydrogen-bond acceptors (Lipinski definition) is 3. The average molecular weight is 812 g/mol. The normalized spacial score (nSPS) is 11.6. The molecule has 0 saturated carbocycles. The van der Waals surface area contributed by atoms with Crippen molar-refractivity contribution in [3.8, 4) is 44.5 Å². The number of rotatable bonds is 7. The van der Waals surface area contributed by atoms with Crippen LogP contribution in [0, 0.1) is 0 Å². The highest BCUT2D eigenvalue weighted by Gasteiger charge is 2.17. The van der Waals surface area contributed by atoms with Crippen LogP contribution in [-0.4, -0.2) is 0 Å². The zero-order chi connectivity index (χ0) is 40.3. The number of nitrogens with zero attached hydrogens (tertiary/aromatic N) is 1. The van der Waals surface area contributed by atoms with Gasteiger partial charge in [0.05, 0.1) is 0 Å². The van der Waals surface area contributed by atoms with Crippen molar-refractivity contribution < 1.29 is 0 Å². The first kappa shape index (κ1) is 35.6. The van der Waals surface area contributed by atoms with Crippen LogP contribution in [-0.2, 0) is 0 Å². The van der Waals surface area contributed by atoms with Gasteiger partial charge in [-0.25, -0.2) is 0 Å². The molecule has 0 bridgehead atoms. The molecule has 61 heavy (non-hydrogen) atoms. The lowest BCUT2D eigenvalue weighted by Crippen LogP contribution is -2.10.